The fourth-order valence-electron chi connectivity index (χ4n) is 3.03. The van der Waals surface area contributed by atoms with Gasteiger partial charge >= 0.3 is 6.18 Å². The third kappa shape index (κ3) is 4.28. The summed E-state index contributed by atoms with van der Waals surface area (Å²) in [6.45, 7) is 4.62. The van der Waals surface area contributed by atoms with Crippen LogP contribution in [0.1, 0.15) is 34.4 Å². The van der Waals surface area contributed by atoms with E-state index >= 15 is 0 Å². The van der Waals surface area contributed by atoms with Crippen molar-refractivity contribution in [1.29, 1.82) is 0 Å². The van der Waals surface area contributed by atoms with Gasteiger partial charge in [0.15, 0.2) is 17.0 Å². The SMILES string of the molecule is CCn1cc(CNC(=O)c2cc3nc(-c4ccc(Cl)s4)cc(C(F)(F)F)n3n2)c(C)n1. The highest BCUT2D eigenvalue weighted by Crippen LogP contribution is 2.35. The van der Waals surface area contributed by atoms with E-state index in [0.717, 1.165) is 28.7 Å². The Morgan fingerprint density at radius 3 is 2.65 bits per heavy atom. The van der Waals surface area contributed by atoms with Gasteiger partial charge in [-0.25, -0.2) is 9.50 Å². The van der Waals surface area contributed by atoms with Crippen LogP contribution in [0.5, 0.6) is 0 Å². The van der Waals surface area contributed by atoms with E-state index in [1.54, 1.807) is 23.0 Å². The number of carbonyl (C=O) groups excluding carboxylic acids is 1. The fraction of sp³-hybridized carbons (Fsp3) is 0.263. The predicted molar refractivity (Wildman–Crippen MR) is 110 cm³/mol. The first-order valence-electron chi connectivity index (χ1n) is 9.20. The minimum absolute atomic E-state index is 0.0884. The van der Waals surface area contributed by atoms with Crippen LogP contribution >= 0.6 is 22.9 Å². The molecule has 0 atom stereocenters. The van der Waals surface area contributed by atoms with Crippen molar-refractivity contribution in [1.82, 2.24) is 29.7 Å². The summed E-state index contributed by atoms with van der Waals surface area (Å²) in [4.78, 5) is 17.3. The molecule has 0 radical (unpaired) electrons. The predicted octanol–water partition coefficient (Wildman–Crippen LogP) is 4.58. The van der Waals surface area contributed by atoms with E-state index in [2.05, 4.69) is 20.5 Å². The second-order valence-electron chi connectivity index (χ2n) is 6.71. The maximum atomic E-state index is 13.7. The highest BCUT2D eigenvalue weighted by atomic mass is 35.5. The molecule has 0 aliphatic heterocycles. The van der Waals surface area contributed by atoms with E-state index < -0.39 is 17.8 Å². The Balaban J connectivity index is 1.67. The van der Waals surface area contributed by atoms with Crippen molar-refractivity contribution in [2.24, 2.45) is 0 Å². The number of nitrogens with zero attached hydrogens (tertiary/aromatic N) is 5. The first-order valence-corrected chi connectivity index (χ1v) is 10.4. The number of aromatic nitrogens is 5. The second-order valence-corrected chi connectivity index (χ2v) is 8.42. The van der Waals surface area contributed by atoms with Gasteiger partial charge in [0.2, 0.25) is 0 Å². The third-order valence-electron chi connectivity index (χ3n) is 4.59. The largest absolute Gasteiger partial charge is 0.433 e. The molecule has 31 heavy (non-hydrogen) atoms. The third-order valence-corrected chi connectivity index (χ3v) is 5.84. The Labute approximate surface area is 183 Å². The summed E-state index contributed by atoms with van der Waals surface area (Å²) in [6, 6.07) is 5.30. The first-order chi connectivity index (χ1) is 14.7. The molecule has 0 fully saturated rings. The van der Waals surface area contributed by atoms with Crippen LogP contribution in [0.3, 0.4) is 0 Å². The molecule has 0 aliphatic rings. The number of fused-ring (bicyclic) bond motifs is 1. The summed E-state index contributed by atoms with van der Waals surface area (Å²) >= 11 is 7.01. The Morgan fingerprint density at radius 1 is 1.26 bits per heavy atom. The number of hydrogen-bond donors (Lipinski definition) is 1. The Morgan fingerprint density at radius 2 is 2.03 bits per heavy atom. The highest BCUT2D eigenvalue weighted by Gasteiger charge is 2.35. The number of hydrogen-bond acceptors (Lipinski definition) is 5. The average molecular weight is 469 g/mol. The lowest BCUT2D eigenvalue weighted by Crippen LogP contribution is -2.23. The van der Waals surface area contributed by atoms with Gasteiger partial charge in [-0.2, -0.15) is 23.4 Å². The molecule has 0 saturated heterocycles. The van der Waals surface area contributed by atoms with E-state index in [0.29, 0.717) is 20.3 Å². The highest BCUT2D eigenvalue weighted by molar-refractivity contribution is 7.19. The molecular formula is C19H16ClF3N6OS. The molecule has 0 aliphatic carbocycles. The van der Waals surface area contributed by atoms with Crippen LogP contribution in [0.25, 0.3) is 16.2 Å². The molecule has 0 bridgehead atoms. The molecule has 1 N–H and O–H groups in total. The van der Waals surface area contributed by atoms with Gasteiger partial charge < -0.3 is 5.32 Å². The number of amides is 1. The first kappa shape index (κ1) is 21.3. The molecule has 0 aromatic carbocycles. The van der Waals surface area contributed by atoms with E-state index in [-0.39, 0.29) is 23.6 Å². The van der Waals surface area contributed by atoms with Gasteiger partial charge in [0, 0.05) is 30.9 Å². The smallest absolute Gasteiger partial charge is 0.346 e. The summed E-state index contributed by atoms with van der Waals surface area (Å²) < 4.78 is 43.8. The number of nitrogens with one attached hydrogen (secondary N) is 1. The maximum absolute atomic E-state index is 13.7. The van der Waals surface area contributed by atoms with E-state index in [1.165, 1.54) is 6.07 Å². The standard InChI is InChI=1S/C19H16ClF3N6OS/c1-3-28-9-11(10(2)26-28)8-24-18(30)13-7-17-25-12(14-4-5-16(20)31-14)6-15(19(21,22)23)29(17)27-13/h4-7,9H,3,8H2,1-2H3,(H,24,30). The average Bonchev–Trinajstić information content (AvgIpc) is 3.42. The normalized spacial score (nSPS) is 11.9. The van der Waals surface area contributed by atoms with Gasteiger partial charge in [0.05, 0.1) is 20.6 Å². The van der Waals surface area contributed by atoms with Crippen molar-refractivity contribution in [3.63, 3.8) is 0 Å². The molecule has 4 aromatic rings. The number of rotatable bonds is 5. The van der Waals surface area contributed by atoms with E-state index in [1.807, 2.05) is 13.8 Å². The van der Waals surface area contributed by atoms with Crippen molar-refractivity contribution in [2.45, 2.75) is 33.1 Å². The molecule has 12 heteroatoms. The Kier molecular flexibility index (Phi) is 5.48. The minimum Gasteiger partial charge on any atom is -0.346 e. The molecular weight excluding hydrogens is 453 g/mol. The topological polar surface area (TPSA) is 77.1 Å². The lowest BCUT2D eigenvalue weighted by molar-refractivity contribution is -0.142. The van der Waals surface area contributed by atoms with Gasteiger partial charge in [-0.1, -0.05) is 11.6 Å². The monoisotopic (exact) mass is 468 g/mol. The van der Waals surface area contributed by atoms with Crippen LogP contribution in [0.2, 0.25) is 4.34 Å². The molecule has 0 saturated carbocycles. The molecule has 0 spiro atoms. The van der Waals surface area contributed by atoms with Gasteiger partial charge in [-0.15, -0.1) is 11.3 Å². The minimum atomic E-state index is -4.69. The molecule has 162 valence electrons. The van der Waals surface area contributed by atoms with Crippen LogP contribution in [0.15, 0.2) is 30.5 Å². The van der Waals surface area contributed by atoms with Crippen LogP contribution < -0.4 is 5.32 Å². The van der Waals surface area contributed by atoms with Gasteiger partial charge in [0.1, 0.15) is 0 Å². The van der Waals surface area contributed by atoms with Crippen molar-refractivity contribution in [3.8, 4) is 10.6 Å². The molecule has 4 heterocycles. The number of halogens is 4. The number of thiophene rings is 1. The molecule has 0 unspecified atom stereocenters. The van der Waals surface area contributed by atoms with Crippen molar-refractivity contribution in [2.75, 3.05) is 0 Å². The van der Waals surface area contributed by atoms with Crippen LogP contribution in [0, 0.1) is 6.92 Å². The summed E-state index contributed by atoms with van der Waals surface area (Å²) in [5.74, 6) is -0.608. The van der Waals surface area contributed by atoms with Crippen molar-refractivity contribution >= 4 is 34.5 Å². The molecule has 4 rings (SSSR count). The number of carbonyl (C=O) groups is 1. The quantitative estimate of drug-likeness (QED) is 0.465. The van der Waals surface area contributed by atoms with E-state index in [4.69, 9.17) is 11.6 Å². The summed E-state index contributed by atoms with van der Waals surface area (Å²) in [6.07, 6.45) is -2.89. The van der Waals surface area contributed by atoms with Gasteiger partial charge in [-0.05, 0) is 32.0 Å². The lowest BCUT2D eigenvalue weighted by Gasteiger charge is -2.10. The van der Waals surface area contributed by atoms with Crippen LogP contribution in [-0.2, 0) is 19.3 Å². The van der Waals surface area contributed by atoms with Crippen LogP contribution in [-0.4, -0.2) is 30.3 Å². The molecule has 1 amide bonds. The fourth-order valence-corrected chi connectivity index (χ4v) is 4.03. The zero-order valence-corrected chi connectivity index (χ0v) is 17.9. The zero-order chi connectivity index (χ0) is 22.3. The van der Waals surface area contributed by atoms with Crippen LogP contribution in [0.4, 0.5) is 13.2 Å². The molecule has 7 nitrogen and oxygen atoms in total. The zero-order valence-electron chi connectivity index (χ0n) is 16.4. The van der Waals surface area contributed by atoms with Gasteiger partial charge in [0.25, 0.3) is 5.91 Å². The Bertz CT molecular complexity index is 1280. The van der Waals surface area contributed by atoms with Crippen molar-refractivity contribution in [3.05, 3.63) is 57.4 Å². The van der Waals surface area contributed by atoms with Crippen molar-refractivity contribution < 1.29 is 18.0 Å². The number of alkyl halides is 3. The number of aryl methyl sites for hydroxylation is 2. The lowest BCUT2D eigenvalue weighted by atomic mass is 10.2. The van der Waals surface area contributed by atoms with Gasteiger partial charge in [-0.3, -0.25) is 9.48 Å². The Hall–Kier alpha value is -2.92. The second kappa shape index (κ2) is 7.97. The summed E-state index contributed by atoms with van der Waals surface area (Å²) in [5, 5.41) is 10.8. The van der Waals surface area contributed by atoms with E-state index in [9.17, 15) is 18.0 Å². The maximum Gasteiger partial charge on any atom is 0.433 e. The summed E-state index contributed by atoms with van der Waals surface area (Å²) in [7, 11) is 0. The molecule has 4 aromatic heterocycles. The summed E-state index contributed by atoms with van der Waals surface area (Å²) in [5.41, 5.74) is 0.388.